The Kier molecular flexibility index (Phi) is 5.80. The SMILES string of the molecule is Cc1cc(NC(=O)CCNCCC2=CCCCC2)no1. The van der Waals surface area contributed by atoms with Gasteiger partial charge in [-0.25, -0.2) is 0 Å². The first-order valence-electron chi connectivity index (χ1n) is 7.36. The zero-order valence-corrected chi connectivity index (χ0v) is 12.1. The molecule has 2 rings (SSSR count). The molecule has 0 aliphatic heterocycles. The highest BCUT2D eigenvalue weighted by Gasteiger charge is 2.06. The van der Waals surface area contributed by atoms with E-state index in [1.807, 2.05) is 0 Å². The van der Waals surface area contributed by atoms with E-state index < -0.39 is 0 Å². The van der Waals surface area contributed by atoms with Crippen molar-refractivity contribution in [2.45, 2.75) is 45.4 Å². The van der Waals surface area contributed by atoms with Gasteiger partial charge in [-0.1, -0.05) is 16.8 Å². The van der Waals surface area contributed by atoms with Crippen molar-refractivity contribution in [3.63, 3.8) is 0 Å². The normalized spacial score (nSPS) is 14.9. The Labute approximate surface area is 119 Å². The van der Waals surface area contributed by atoms with Crippen molar-refractivity contribution in [2.75, 3.05) is 18.4 Å². The first-order valence-corrected chi connectivity index (χ1v) is 7.36. The molecule has 0 fully saturated rings. The maximum absolute atomic E-state index is 11.6. The summed E-state index contributed by atoms with van der Waals surface area (Å²) in [5.41, 5.74) is 1.56. The topological polar surface area (TPSA) is 67.2 Å². The summed E-state index contributed by atoms with van der Waals surface area (Å²) in [7, 11) is 0. The molecule has 5 nitrogen and oxygen atoms in total. The summed E-state index contributed by atoms with van der Waals surface area (Å²) in [6.45, 7) is 3.43. The lowest BCUT2D eigenvalue weighted by atomic mass is 9.97. The number of aromatic nitrogens is 1. The maximum Gasteiger partial charge on any atom is 0.226 e. The van der Waals surface area contributed by atoms with Gasteiger partial charge in [-0.2, -0.15) is 0 Å². The number of allylic oxidation sites excluding steroid dienone is 1. The number of nitrogens with zero attached hydrogens (tertiary/aromatic N) is 1. The largest absolute Gasteiger partial charge is 0.360 e. The third-order valence-electron chi connectivity index (χ3n) is 3.43. The van der Waals surface area contributed by atoms with Crippen LogP contribution >= 0.6 is 0 Å². The first-order chi connectivity index (χ1) is 9.74. The van der Waals surface area contributed by atoms with Crippen LogP contribution in [-0.4, -0.2) is 24.2 Å². The molecule has 1 aliphatic rings. The number of carbonyl (C=O) groups excluding carboxylic acids is 1. The van der Waals surface area contributed by atoms with Gasteiger partial charge in [0.15, 0.2) is 5.82 Å². The van der Waals surface area contributed by atoms with E-state index in [0.717, 1.165) is 13.0 Å². The van der Waals surface area contributed by atoms with Crippen LogP contribution in [0.2, 0.25) is 0 Å². The maximum atomic E-state index is 11.6. The van der Waals surface area contributed by atoms with Gasteiger partial charge >= 0.3 is 0 Å². The average Bonchev–Trinajstić information content (AvgIpc) is 2.85. The Hall–Kier alpha value is -1.62. The Morgan fingerprint density at radius 2 is 2.30 bits per heavy atom. The fourth-order valence-electron chi connectivity index (χ4n) is 2.34. The van der Waals surface area contributed by atoms with Crippen LogP contribution in [-0.2, 0) is 4.79 Å². The van der Waals surface area contributed by atoms with Gasteiger partial charge < -0.3 is 15.2 Å². The van der Waals surface area contributed by atoms with E-state index in [2.05, 4.69) is 21.9 Å². The zero-order valence-electron chi connectivity index (χ0n) is 12.1. The number of amides is 1. The van der Waals surface area contributed by atoms with Crippen molar-refractivity contribution < 1.29 is 9.32 Å². The first kappa shape index (κ1) is 14.8. The van der Waals surface area contributed by atoms with E-state index in [0.29, 0.717) is 24.5 Å². The van der Waals surface area contributed by atoms with Crippen LogP contribution in [0, 0.1) is 6.92 Å². The fraction of sp³-hybridized carbons (Fsp3) is 0.600. The minimum absolute atomic E-state index is 0.0392. The summed E-state index contributed by atoms with van der Waals surface area (Å²) in [6, 6.07) is 1.71. The van der Waals surface area contributed by atoms with Gasteiger partial charge in [0.25, 0.3) is 0 Å². The number of aryl methyl sites for hydroxylation is 1. The molecule has 110 valence electrons. The van der Waals surface area contributed by atoms with E-state index in [1.165, 1.54) is 25.7 Å². The van der Waals surface area contributed by atoms with Crippen LogP contribution in [0.5, 0.6) is 0 Å². The Morgan fingerprint density at radius 3 is 3.00 bits per heavy atom. The van der Waals surface area contributed by atoms with Crippen molar-refractivity contribution in [1.29, 1.82) is 0 Å². The van der Waals surface area contributed by atoms with Crippen molar-refractivity contribution in [3.05, 3.63) is 23.5 Å². The highest BCUT2D eigenvalue weighted by molar-refractivity contribution is 5.89. The lowest BCUT2D eigenvalue weighted by molar-refractivity contribution is -0.116. The Morgan fingerprint density at radius 1 is 1.40 bits per heavy atom. The van der Waals surface area contributed by atoms with Gasteiger partial charge in [-0.3, -0.25) is 4.79 Å². The lowest BCUT2D eigenvalue weighted by Gasteiger charge is -2.12. The minimum Gasteiger partial charge on any atom is -0.360 e. The minimum atomic E-state index is -0.0392. The molecule has 0 atom stereocenters. The van der Waals surface area contributed by atoms with E-state index >= 15 is 0 Å². The average molecular weight is 277 g/mol. The van der Waals surface area contributed by atoms with Crippen LogP contribution in [0.15, 0.2) is 22.2 Å². The molecule has 1 aliphatic carbocycles. The second kappa shape index (κ2) is 7.85. The molecule has 0 bridgehead atoms. The molecule has 0 unspecified atom stereocenters. The van der Waals surface area contributed by atoms with Gasteiger partial charge in [0, 0.05) is 19.0 Å². The number of hydrogen-bond donors (Lipinski definition) is 2. The predicted octanol–water partition coefficient (Wildman–Crippen LogP) is 2.79. The smallest absolute Gasteiger partial charge is 0.226 e. The van der Waals surface area contributed by atoms with Crippen LogP contribution in [0.25, 0.3) is 0 Å². The third-order valence-corrected chi connectivity index (χ3v) is 3.43. The van der Waals surface area contributed by atoms with Crippen LogP contribution < -0.4 is 10.6 Å². The number of hydrogen-bond acceptors (Lipinski definition) is 4. The summed E-state index contributed by atoms with van der Waals surface area (Å²) < 4.78 is 4.89. The summed E-state index contributed by atoms with van der Waals surface area (Å²) >= 11 is 0. The quantitative estimate of drug-likeness (QED) is 0.594. The number of nitrogens with one attached hydrogen (secondary N) is 2. The fourth-order valence-corrected chi connectivity index (χ4v) is 2.34. The van der Waals surface area contributed by atoms with Gasteiger partial charge in [0.1, 0.15) is 5.76 Å². The molecule has 0 aromatic carbocycles. The molecule has 1 amide bonds. The van der Waals surface area contributed by atoms with Crippen LogP contribution in [0.4, 0.5) is 5.82 Å². The molecule has 0 saturated heterocycles. The predicted molar refractivity (Wildman–Crippen MR) is 78.5 cm³/mol. The molecule has 1 heterocycles. The highest BCUT2D eigenvalue weighted by atomic mass is 16.5. The van der Waals surface area contributed by atoms with Gasteiger partial charge in [0.2, 0.25) is 5.91 Å². The molecule has 0 saturated carbocycles. The third kappa shape index (κ3) is 5.17. The van der Waals surface area contributed by atoms with Gasteiger partial charge in [-0.15, -0.1) is 0 Å². The molecular formula is C15H23N3O2. The molecule has 0 spiro atoms. The standard InChI is InChI=1S/C15H23N3O2/c1-12-11-14(18-20-12)17-15(19)8-10-16-9-7-13-5-3-2-4-6-13/h5,11,16H,2-4,6-10H2,1H3,(H,17,18,19). The molecule has 1 aromatic rings. The van der Waals surface area contributed by atoms with Gasteiger partial charge in [0.05, 0.1) is 0 Å². The van der Waals surface area contributed by atoms with E-state index in [4.69, 9.17) is 4.52 Å². The van der Waals surface area contributed by atoms with E-state index in [9.17, 15) is 4.79 Å². The molecule has 2 N–H and O–H groups in total. The number of carbonyl (C=O) groups is 1. The van der Waals surface area contributed by atoms with E-state index in [-0.39, 0.29) is 5.91 Å². The van der Waals surface area contributed by atoms with Crippen LogP contribution in [0.3, 0.4) is 0 Å². The summed E-state index contributed by atoms with van der Waals surface area (Å²) in [5.74, 6) is 1.14. The van der Waals surface area contributed by atoms with Gasteiger partial charge in [-0.05, 0) is 45.6 Å². The molecule has 20 heavy (non-hydrogen) atoms. The number of rotatable bonds is 7. The second-order valence-corrected chi connectivity index (χ2v) is 5.23. The summed E-state index contributed by atoms with van der Waals surface area (Å²) in [6.07, 6.45) is 9.05. The molecule has 5 heteroatoms. The molecule has 0 radical (unpaired) electrons. The Balaban J connectivity index is 1.54. The zero-order chi connectivity index (χ0) is 14.2. The second-order valence-electron chi connectivity index (χ2n) is 5.23. The number of anilines is 1. The molecular weight excluding hydrogens is 254 g/mol. The van der Waals surface area contributed by atoms with Crippen molar-refractivity contribution in [3.8, 4) is 0 Å². The van der Waals surface area contributed by atoms with Crippen molar-refractivity contribution in [1.82, 2.24) is 10.5 Å². The lowest BCUT2D eigenvalue weighted by Crippen LogP contribution is -2.23. The molecule has 1 aromatic heterocycles. The van der Waals surface area contributed by atoms with Crippen molar-refractivity contribution in [2.24, 2.45) is 0 Å². The van der Waals surface area contributed by atoms with Crippen LogP contribution in [0.1, 0.15) is 44.3 Å². The summed E-state index contributed by atoms with van der Waals surface area (Å²) in [5, 5.41) is 9.74. The summed E-state index contributed by atoms with van der Waals surface area (Å²) in [4.78, 5) is 11.6. The highest BCUT2D eigenvalue weighted by Crippen LogP contribution is 2.19. The van der Waals surface area contributed by atoms with E-state index in [1.54, 1.807) is 18.6 Å². The van der Waals surface area contributed by atoms with Crippen molar-refractivity contribution >= 4 is 11.7 Å². The Bertz CT molecular complexity index is 465. The monoisotopic (exact) mass is 277 g/mol.